The monoisotopic (exact) mass is 852 g/mol. The molecule has 1 atom stereocenters. The Kier molecular flexibility index (Phi) is 13.5. The highest BCUT2D eigenvalue weighted by Gasteiger charge is 2.56. The number of rotatable bonds is 14. The van der Waals surface area contributed by atoms with Crippen LogP contribution in [-0.4, -0.2) is 29.4 Å². The van der Waals surface area contributed by atoms with E-state index in [9.17, 15) is 4.57 Å². The highest BCUT2D eigenvalue weighted by Crippen LogP contribution is 2.67. The molecule has 0 saturated carbocycles. The molecule has 0 aliphatic carbocycles. The first kappa shape index (κ1) is 33.0. The Morgan fingerprint density at radius 2 is 1.30 bits per heavy atom. The van der Waals surface area contributed by atoms with Gasteiger partial charge in [-0.1, -0.05) is 90.2 Å². The van der Waals surface area contributed by atoms with E-state index in [1.165, 1.54) is 0 Å². The van der Waals surface area contributed by atoms with Crippen molar-refractivity contribution in [3.05, 3.63) is 12.2 Å². The Bertz CT molecular complexity index is 612. The van der Waals surface area contributed by atoms with Gasteiger partial charge in [0.15, 0.2) is 6.84 Å². The van der Waals surface area contributed by atoms with Crippen LogP contribution >= 0.6 is 115 Å². The van der Waals surface area contributed by atoms with Crippen LogP contribution in [0.25, 0.3) is 0 Å². The molecular formula is C17H28Br6ClO5P. The number of ether oxygens (including phenoxy) is 1. The molecule has 0 aliphatic heterocycles. The second-order valence-corrected chi connectivity index (χ2v) is 17.8. The van der Waals surface area contributed by atoms with Crippen LogP contribution < -0.4 is 0 Å². The molecule has 0 bridgehead atoms. The predicted octanol–water partition coefficient (Wildman–Crippen LogP) is 9.77. The minimum absolute atomic E-state index is 0.110. The standard InChI is InChI=1S/C17H28Br6ClO5P/c1-8-15(24,26-9-12(2)3)27-30(25,28-16(20,21)13(4,5)10-18)29-17(22,23)14(6,7)11-19/h2,8-11H2,1,3-7H3. The van der Waals surface area contributed by atoms with E-state index in [0.29, 0.717) is 10.7 Å². The number of alkyl halides is 7. The molecule has 0 rings (SSSR count). The summed E-state index contributed by atoms with van der Waals surface area (Å²) in [5.74, 6) is 0. The first-order valence-electron chi connectivity index (χ1n) is 8.79. The molecule has 0 amide bonds. The molecule has 0 spiro atoms. The van der Waals surface area contributed by atoms with E-state index < -0.39 is 30.7 Å². The maximum absolute atomic E-state index is 14.0. The van der Waals surface area contributed by atoms with Crippen molar-refractivity contribution >= 4 is 115 Å². The third kappa shape index (κ3) is 9.56. The summed E-state index contributed by atoms with van der Waals surface area (Å²) in [6.45, 7) is 15.0. The van der Waals surface area contributed by atoms with Crippen molar-refractivity contribution in [3.63, 3.8) is 0 Å². The van der Waals surface area contributed by atoms with Gasteiger partial charge in [0.2, 0.25) is 0 Å². The van der Waals surface area contributed by atoms with Crippen molar-refractivity contribution in [2.75, 3.05) is 17.3 Å². The van der Waals surface area contributed by atoms with Crippen molar-refractivity contribution in [1.29, 1.82) is 0 Å². The molecule has 0 N–H and O–H groups in total. The zero-order valence-corrected chi connectivity index (χ0v) is 28.8. The summed E-state index contributed by atoms with van der Waals surface area (Å²) in [6, 6.07) is 0. The van der Waals surface area contributed by atoms with Crippen molar-refractivity contribution in [3.8, 4) is 0 Å². The van der Waals surface area contributed by atoms with Gasteiger partial charge in [0.05, 0.1) is 6.61 Å². The van der Waals surface area contributed by atoms with Crippen molar-refractivity contribution in [2.45, 2.75) is 60.0 Å². The summed E-state index contributed by atoms with van der Waals surface area (Å²) in [5, 5.41) is -0.760. The number of halogens is 7. The van der Waals surface area contributed by atoms with E-state index in [0.717, 1.165) is 5.57 Å². The lowest BCUT2D eigenvalue weighted by Gasteiger charge is -2.43. The lowest BCUT2D eigenvalue weighted by molar-refractivity contribution is -0.135. The van der Waals surface area contributed by atoms with Gasteiger partial charge >= 0.3 is 7.82 Å². The van der Waals surface area contributed by atoms with E-state index in [4.69, 9.17) is 29.9 Å². The third-order valence-corrected chi connectivity index (χ3v) is 14.7. The fourth-order valence-corrected chi connectivity index (χ4v) is 8.31. The Labute approximate surface area is 235 Å². The van der Waals surface area contributed by atoms with Gasteiger partial charge < -0.3 is 4.74 Å². The normalized spacial score (nSPS) is 16.4. The molecule has 0 saturated heterocycles. The van der Waals surface area contributed by atoms with Crippen LogP contribution in [0.5, 0.6) is 0 Å². The number of phosphoric acid groups is 1. The molecule has 0 aliphatic rings. The molecule has 0 heterocycles. The molecule has 0 aromatic rings. The molecule has 1 unspecified atom stereocenters. The molecule has 13 heteroatoms. The fraction of sp³-hybridized carbons (Fsp3) is 0.882. The SMILES string of the molecule is C=C(C)COC(Cl)(CC)OP(=O)(OC(Br)(Br)C(C)(C)CBr)OC(Br)(Br)C(C)(C)CBr. The van der Waals surface area contributed by atoms with Crippen LogP contribution in [0, 0.1) is 10.8 Å². The first-order chi connectivity index (χ1) is 13.2. The van der Waals surface area contributed by atoms with Crippen molar-refractivity contribution in [1.82, 2.24) is 0 Å². The summed E-state index contributed by atoms with van der Waals surface area (Å²) >= 11 is 27.2. The predicted molar refractivity (Wildman–Crippen MR) is 147 cm³/mol. The van der Waals surface area contributed by atoms with Crippen LogP contribution in [0.3, 0.4) is 0 Å². The Morgan fingerprint density at radius 1 is 0.933 bits per heavy atom. The molecule has 5 nitrogen and oxygen atoms in total. The van der Waals surface area contributed by atoms with Gasteiger partial charge in [-0.15, -0.1) is 0 Å². The van der Waals surface area contributed by atoms with Gasteiger partial charge in [-0.05, 0) is 70.6 Å². The molecule has 0 radical (unpaired) electrons. The summed E-state index contributed by atoms with van der Waals surface area (Å²) < 4.78 is 34.6. The third-order valence-electron chi connectivity index (χ3n) is 3.90. The summed E-state index contributed by atoms with van der Waals surface area (Å²) in [7, 11) is -4.40. The first-order valence-corrected chi connectivity index (χ1v) is 16.0. The molecule has 30 heavy (non-hydrogen) atoms. The second-order valence-electron chi connectivity index (χ2n) is 8.05. The summed E-state index contributed by atoms with van der Waals surface area (Å²) in [5.41, 5.74) is -0.442. The summed E-state index contributed by atoms with van der Waals surface area (Å²) in [6.07, 6.45) is 0.164. The quantitative estimate of drug-likeness (QED) is 0.0755. The largest absolute Gasteiger partial charge is 0.482 e. The minimum atomic E-state index is -4.40. The second kappa shape index (κ2) is 12.3. The van der Waals surface area contributed by atoms with E-state index in [1.807, 2.05) is 27.7 Å². The lowest BCUT2D eigenvalue weighted by atomic mass is 9.98. The maximum atomic E-state index is 14.0. The Hall–Kier alpha value is 2.98. The van der Waals surface area contributed by atoms with Crippen molar-refractivity contribution in [2.24, 2.45) is 10.8 Å². The van der Waals surface area contributed by atoms with Gasteiger partial charge in [0.25, 0.3) is 5.25 Å². The number of hydrogen-bond acceptors (Lipinski definition) is 5. The van der Waals surface area contributed by atoms with E-state index in [2.05, 4.69) is 102 Å². The van der Waals surface area contributed by atoms with E-state index in [-0.39, 0.29) is 13.0 Å². The number of hydrogen-bond donors (Lipinski definition) is 0. The average molecular weight is 858 g/mol. The van der Waals surface area contributed by atoms with Crippen LogP contribution in [0.2, 0.25) is 0 Å². The topological polar surface area (TPSA) is 54.0 Å². The Morgan fingerprint density at radius 3 is 1.57 bits per heavy atom. The van der Waals surface area contributed by atoms with E-state index >= 15 is 0 Å². The zero-order chi connectivity index (χ0) is 24.2. The maximum Gasteiger partial charge on any atom is 0.482 e. The van der Waals surface area contributed by atoms with Gasteiger partial charge in [-0.2, -0.15) is 0 Å². The lowest BCUT2D eigenvalue weighted by Crippen LogP contribution is -2.41. The number of phosphoric ester groups is 1. The highest BCUT2D eigenvalue weighted by molar-refractivity contribution is 9.25. The molecular weight excluding hydrogens is 830 g/mol. The Balaban J connectivity index is 6.21. The smallest absolute Gasteiger partial charge is 0.332 e. The average Bonchev–Trinajstić information content (AvgIpc) is 2.58. The van der Waals surface area contributed by atoms with Gasteiger partial charge in [0, 0.05) is 27.9 Å². The molecule has 0 aromatic carbocycles. The van der Waals surface area contributed by atoms with Gasteiger partial charge in [0.1, 0.15) is 0 Å². The van der Waals surface area contributed by atoms with Crippen LogP contribution in [0.1, 0.15) is 48.0 Å². The van der Waals surface area contributed by atoms with E-state index in [1.54, 1.807) is 13.8 Å². The molecule has 0 fully saturated rings. The fourth-order valence-electron chi connectivity index (χ4n) is 1.33. The van der Waals surface area contributed by atoms with Crippen LogP contribution in [0.15, 0.2) is 12.2 Å². The summed E-state index contributed by atoms with van der Waals surface area (Å²) in [4.78, 5) is 0. The van der Waals surface area contributed by atoms with Crippen LogP contribution in [0.4, 0.5) is 0 Å². The van der Waals surface area contributed by atoms with Gasteiger partial charge in [-0.3, -0.25) is 9.05 Å². The van der Waals surface area contributed by atoms with Crippen molar-refractivity contribution < 1.29 is 22.9 Å². The minimum Gasteiger partial charge on any atom is -0.332 e. The van der Waals surface area contributed by atoms with Gasteiger partial charge in [-0.25, -0.2) is 9.09 Å². The van der Waals surface area contributed by atoms with Crippen LogP contribution in [-0.2, 0) is 22.9 Å². The molecule has 0 aromatic heterocycles. The molecule has 180 valence electrons. The zero-order valence-electron chi connectivity index (χ0n) is 17.7. The highest BCUT2D eigenvalue weighted by atomic mass is 79.9.